The number of hydrogen-bond donors (Lipinski definition) is 2. The van der Waals surface area contributed by atoms with Crippen molar-refractivity contribution in [2.24, 2.45) is 22.9 Å². The third-order valence-corrected chi connectivity index (χ3v) is 13.0. The van der Waals surface area contributed by atoms with Gasteiger partial charge in [-0.3, -0.25) is 4.79 Å². The number of nitrogens with zero attached hydrogens (tertiary/aromatic N) is 2. The van der Waals surface area contributed by atoms with Crippen LogP contribution in [0.15, 0.2) is 114 Å². The largest absolute Gasteiger partial charge is 0.459 e. The van der Waals surface area contributed by atoms with E-state index in [4.69, 9.17) is 33.7 Å². The van der Waals surface area contributed by atoms with Gasteiger partial charge >= 0.3 is 0 Å². The summed E-state index contributed by atoms with van der Waals surface area (Å²) >= 11 is 0. The fourth-order valence-corrected chi connectivity index (χ4v) is 9.84. The maximum atomic E-state index is 14.8. The molecule has 2 aliphatic carbocycles. The number of benzene rings is 4. The number of fused-ring (bicyclic) bond motifs is 3. The molecule has 2 heterocycles. The van der Waals surface area contributed by atoms with E-state index in [9.17, 15) is 15.0 Å². The van der Waals surface area contributed by atoms with Crippen LogP contribution in [0.5, 0.6) is 28.7 Å². The molecule has 0 aromatic heterocycles. The number of aliphatic hydroxyl groups is 2. The molecule has 11 nitrogen and oxygen atoms in total. The fraction of sp³-hybridized carbons (Fsp3) is 0.412. The first-order valence-corrected chi connectivity index (χ1v) is 21.9. The molecule has 0 bridgehead atoms. The van der Waals surface area contributed by atoms with E-state index in [-0.39, 0.29) is 63.3 Å². The van der Waals surface area contributed by atoms with E-state index < -0.39 is 17.7 Å². The Morgan fingerprint density at radius 3 is 2.40 bits per heavy atom. The Hall–Kier alpha value is -5.62. The van der Waals surface area contributed by atoms with Gasteiger partial charge in [-0.1, -0.05) is 66.5 Å². The molecule has 326 valence electrons. The molecule has 4 aromatic carbocycles. The van der Waals surface area contributed by atoms with Crippen LogP contribution in [0.25, 0.3) is 0 Å². The molecule has 0 spiro atoms. The summed E-state index contributed by atoms with van der Waals surface area (Å²) in [5, 5.41) is 24.9. The number of allylic oxidation sites excluding steroid dienone is 1. The number of ether oxygens (including phenoxy) is 5. The minimum atomic E-state index is -1.39. The molecule has 1 saturated carbocycles. The van der Waals surface area contributed by atoms with Crippen LogP contribution in [-0.4, -0.2) is 72.2 Å². The first-order valence-electron chi connectivity index (χ1n) is 21.9. The average molecular weight is 843 g/mol. The van der Waals surface area contributed by atoms with E-state index in [2.05, 4.69) is 38.6 Å². The van der Waals surface area contributed by atoms with Crippen molar-refractivity contribution < 1.29 is 43.5 Å². The van der Waals surface area contributed by atoms with Gasteiger partial charge < -0.3 is 43.6 Å². The number of aryl methyl sites for hydroxylation is 2. The Kier molecular flexibility index (Phi) is 13.3. The van der Waals surface area contributed by atoms with Crippen LogP contribution in [0, 0.1) is 31.6 Å². The van der Waals surface area contributed by atoms with Crippen molar-refractivity contribution in [2.45, 2.75) is 83.1 Å². The predicted molar refractivity (Wildman–Crippen MR) is 237 cm³/mol. The number of likely N-dealkylation sites (N-methyl/N-ethyl adjacent to an activating group) is 1. The highest BCUT2D eigenvalue weighted by atomic mass is 16.7. The lowest BCUT2D eigenvalue weighted by molar-refractivity contribution is -0.252. The minimum Gasteiger partial charge on any atom is -0.459 e. The van der Waals surface area contributed by atoms with Crippen molar-refractivity contribution in [3.63, 3.8) is 0 Å². The second-order valence-corrected chi connectivity index (χ2v) is 16.9. The van der Waals surface area contributed by atoms with Crippen molar-refractivity contribution in [3.8, 4) is 28.7 Å². The summed E-state index contributed by atoms with van der Waals surface area (Å²) < 4.78 is 32.3. The number of oxime groups is 1. The van der Waals surface area contributed by atoms with Gasteiger partial charge in [0.1, 0.15) is 29.9 Å². The Balaban J connectivity index is 1.30. The number of rotatable bonds is 18. The van der Waals surface area contributed by atoms with Crippen molar-refractivity contribution in [2.75, 3.05) is 33.7 Å². The van der Waals surface area contributed by atoms with Crippen LogP contribution in [0.1, 0.15) is 83.5 Å². The molecule has 1 fully saturated rings. The van der Waals surface area contributed by atoms with E-state index in [1.54, 1.807) is 36.2 Å². The quantitative estimate of drug-likeness (QED) is 0.0572. The van der Waals surface area contributed by atoms with Crippen LogP contribution in [0.2, 0.25) is 0 Å². The highest BCUT2D eigenvalue weighted by Crippen LogP contribution is 2.62. The van der Waals surface area contributed by atoms with Gasteiger partial charge in [-0.25, -0.2) is 0 Å². The van der Waals surface area contributed by atoms with Crippen molar-refractivity contribution >= 4 is 11.6 Å². The smallest absolute Gasteiger partial charge is 0.254 e. The monoisotopic (exact) mass is 842 g/mol. The lowest BCUT2D eigenvalue weighted by Crippen LogP contribution is -2.69. The minimum absolute atomic E-state index is 0.0697. The number of carbonyl (C=O) groups excluding carboxylic acids is 1. The van der Waals surface area contributed by atoms with Crippen LogP contribution < -0.4 is 18.9 Å². The van der Waals surface area contributed by atoms with Crippen LogP contribution in [0.4, 0.5) is 0 Å². The summed E-state index contributed by atoms with van der Waals surface area (Å²) in [6, 6.07) is 26.6. The zero-order valence-corrected chi connectivity index (χ0v) is 36.0. The molecule has 8 rings (SSSR count). The van der Waals surface area contributed by atoms with Gasteiger partial charge in [0.25, 0.3) is 5.91 Å². The molecule has 6 atom stereocenters. The summed E-state index contributed by atoms with van der Waals surface area (Å²) in [4.78, 5) is 22.7. The second-order valence-electron chi connectivity index (χ2n) is 16.9. The van der Waals surface area contributed by atoms with Crippen molar-refractivity contribution in [1.29, 1.82) is 0 Å². The van der Waals surface area contributed by atoms with E-state index in [1.807, 2.05) is 54.6 Å². The lowest BCUT2D eigenvalue weighted by Gasteiger charge is -2.59. The molecule has 4 aliphatic rings. The maximum Gasteiger partial charge on any atom is 0.254 e. The maximum absolute atomic E-state index is 14.8. The lowest BCUT2D eigenvalue weighted by atomic mass is 9.55. The van der Waals surface area contributed by atoms with E-state index in [0.717, 1.165) is 59.4 Å². The first-order chi connectivity index (χ1) is 30.2. The van der Waals surface area contributed by atoms with Gasteiger partial charge in [-0.05, 0) is 122 Å². The number of aliphatic hydroxyl groups excluding tert-OH is 2. The molecule has 1 amide bonds. The molecule has 2 N–H and O–H groups in total. The van der Waals surface area contributed by atoms with Crippen LogP contribution >= 0.6 is 0 Å². The first kappa shape index (κ1) is 43.0. The van der Waals surface area contributed by atoms with Gasteiger partial charge in [-0.2, -0.15) is 0 Å². The predicted octanol–water partition coefficient (Wildman–Crippen LogP) is 9.43. The standard InChI is InChI=1S/C51H58N2O9/c1-5-25-59-51-47(53(4)50(56)37-18-21-45-46(28-37)58-32-57-45)30-43(52-60-31-35-13-7-6-8-14-35)41-27-36(15-9-11-23-54)40(16-10-12-24-55)48(49(41)51)42-29-39(20-22-44(42)62-51)61-38-19-17-33(2)34(3)26-38/h5-8,13-14,17-22,26-29,36,40,47-49,54-55H,1,9-12,15-16,23-25,30-32H2,2-4H3/t36-,40+,47-,48+,49+,51+/m0/s1. The summed E-state index contributed by atoms with van der Waals surface area (Å²) in [7, 11) is 1.79. The van der Waals surface area contributed by atoms with E-state index >= 15 is 0 Å². The Bertz CT molecular complexity index is 2290. The van der Waals surface area contributed by atoms with Crippen LogP contribution in [-0.2, 0) is 16.2 Å². The Morgan fingerprint density at radius 1 is 0.887 bits per heavy atom. The normalized spacial score (nSPS) is 23.7. The zero-order chi connectivity index (χ0) is 43.2. The highest BCUT2D eigenvalue weighted by Gasteiger charge is 2.65. The van der Waals surface area contributed by atoms with Gasteiger partial charge in [0.15, 0.2) is 11.5 Å². The average Bonchev–Trinajstić information content (AvgIpc) is 3.77. The zero-order valence-electron chi connectivity index (χ0n) is 36.0. The third kappa shape index (κ3) is 8.71. The second kappa shape index (κ2) is 19.2. The summed E-state index contributed by atoms with van der Waals surface area (Å²) in [5.41, 5.74) is 6.41. The highest BCUT2D eigenvalue weighted by molar-refractivity contribution is 6.03. The molecule has 0 unspecified atom stereocenters. The number of amides is 1. The Labute approximate surface area is 364 Å². The third-order valence-electron chi connectivity index (χ3n) is 13.0. The van der Waals surface area contributed by atoms with Crippen molar-refractivity contribution in [3.05, 3.63) is 137 Å². The topological polar surface area (TPSA) is 129 Å². The fourth-order valence-electron chi connectivity index (χ4n) is 9.84. The molecule has 0 saturated heterocycles. The molecule has 11 heteroatoms. The van der Waals surface area contributed by atoms with Crippen LogP contribution in [0.3, 0.4) is 0 Å². The molecule has 62 heavy (non-hydrogen) atoms. The molecule has 2 aliphatic heterocycles. The van der Waals surface area contributed by atoms with E-state index in [1.165, 1.54) is 5.56 Å². The number of carbonyl (C=O) groups is 1. The number of hydrogen-bond acceptors (Lipinski definition) is 10. The summed E-state index contributed by atoms with van der Waals surface area (Å²) in [6.45, 7) is 8.94. The van der Waals surface area contributed by atoms with Gasteiger partial charge in [-0.15, -0.1) is 6.58 Å². The summed E-state index contributed by atoms with van der Waals surface area (Å²) in [5.74, 6) is 1.06. The van der Waals surface area contributed by atoms with Gasteiger partial charge in [0, 0.05) is 43.7 Å². The van der Waals surface area contributed by atoms with Gasteiger partial charge in [0.2, 0.25) is 12.6 Å². The van der Waals surface area contributed by atoms with E-state index in [0.29, 0.717) is 41.4 Å². The van der Waals surface area contributed by atoms with Crippen molar-refractivity contribution in [1.82, 2.24) is 4.90 Å². The van der Waals surface area contributed by atoms with Gasteiger partial charge in [0.05, 0.1) is 18.2 Å². The summed E-state index contributed by atoms with van der Waals surface area (Å²) in [6.07, 6.45) is 9.01. The molecular formula is C51H58N2O9. The SMILES string of the molecule is C=CCO[C@@]12Oc3ccc(Oc4ccc(C)c(C)c4)cc3[C@H]3[C@H](CCCCO)[C@@H](CCCCO)C=C(C(=NOCc4ccccc4)C[C@@H]1N(C)C(=O)c1ccc4c(c1)OCO4)[C@H]32. The molecule has 0 radical (unpaired) electrons. The number of unbranched alkanes of at least 4 members (excludes halogenated alkanes) is 2. The molecular weight excluding hydrogens is 785 g/mol. The molecule has 4 aromatic rings. The Morgan fingerprint density at radius 2 is 1.63 bits per heavy atom.